The second kappa shape index (κ2) is 6.01. The standard InChI is InChI=1S/C12H23N3O/c1-5-13-8-12-10(3)14-15(11(12)4)7-6-9(2)16/h9,13,16H,5-8H2,1-4H3. The van der Waals surface area contributed by atoms with E-state index in [0.717, 1.165) is 31.7 Å². The van der Waals surface area contributed by atoms with Crippen LogP contribution in [-0.2, 0) is 13.1 Å². The highest BCUT2D eigenvalue weighted by atomic mass is 16.3. The molecule has 0 aliphatic heterocycles. The molecule has 0 fully saturated rings. The van der Waals surface area contributed by atoms with E-state index in [1.54, 1.807) is 0 Å². The van der Waals surface area contributed by atoms with Crippen LogP contribution >= 0.6 is 0 Å². The Labute approximate surface area is 97.7 Å². The van der Waals surface area contributed by atoms with Crippen molar-refractivity contribution < 1.29 is 5.11 Å². The van der Waals surface area contributed by atoms with Gasteiger partial charge in [-0.05, 0) is 33.7 Å². The van der Waals surface area contributed by atoms with Crippen LogP contribution in [0.4, 0.5) is 0 Å². The number of rotatable bonds is 6. The minimum atomic E-state index is -0.263. The number of nitrogens with one attached hydrogen (secondary N) is 1. The number of nitrogens with zero attached hydrogens (tertiary/aromatic N) is 2. The highest BCUT2D eigenvalue weighted by Gasteiger charge is 2.10. The molecule has 4 nitrogen and oxygen atoms in total. The molecule has 0 aliphatic carbocycles. The molecule has 0 aromatic carbocycles. The molecule has 0 saturated heterocycles. The van der Waals surface area contributed by atoms with E-state index in [0.29, 0.717) is 0 Å². The van der Waals surface area contributed by atoms with Crippen LogP contribution < -0.4 is 5.32 Å². The summed E-state index contributed by atoms with van der Waals surface area (Å²) in [5, 5.41) is 17.1. The van der Waals surface area contributed by atoms with E-state index in [-0.39, 0.29) is 6.10 Å². The molecule has 0 aliphatic rings. The maximum Gasteiger partial charge on any atom is 0.0641 e. The third kappa shape index (κ3) is 3.32. The van der Waals surface area contributed by atoms with Crippen molar-refractivity contribution in [2.75, 3.05) is 6.54 Å². The van der Waals surface area contributed by atoms with Gasteiger partial charge in [-0.2, -0.15) is 5.10 Å². The van der Waals surface area contributed by atoms with Gasteiger partial charge in [0, 0.05) is 24.3 Å². The van der Waals surface area contributed by atoms with E-state index < -0.39 is 0 Å². The van der Waals surface area contributed by atoms with Crippen molar-refractivity contribution in [1.82, 2.24) is 15.1 Å². The second-order valence-corrected chi connectivity index (χ2v) is 4.29. The van der Waals surface area contributed by atoms with Crippen molar-refractivity contribution >= 4 is 0 Å². The van der Waals surface area contributed by atoms with Crippen molar-refractivity contribution in [2.45, 2.75) is 53.3 Å². The molecular formula is C12H23N3O. The third-order valence-corrected chi connectivity index (χ3v) is 2.84. The minimum absolute atomic E-state index is 0.263. The SMILES string of the molecule is CCNCc1c(C)nn(CCC(C)O)c1C. The first-order valence-corrected chi connectivity index (χ1v) is 5.98. The lowest BCUT2D eigenvalue weighted by Crippen LogP contribution is -2.13. The number of aliphatic hydroxyl groups excluding tert-OH is 1. The molecule has 1 atom stereocenters. The van der Waals surface area contributed by atoms with Crippen molar-refractivity contribution in [3.05, 3.63) is 17.0 Å². The summed E-state index contributed by atoms with van der Waals surface area (Å²) in [6, 6.07) is 0. The van der Waals surface area contributed by atoms with Gasteiger partial charge < -0.3 is 10.4 Å². The van der Waals surface area contributed by atoms with Gasteiger partial charge in [0.2, 0.25) is 0 Å². The smallest absolute Gasteiger partial charge is 0.0641 e. The molecule has 1 aromatic rings. The summed E-state index contributed by atoms with van der Waals surface area (Å²) in [5.74, 6) is 0. The zero-order valence-corrected chi connectivity index (χ0v) is 10.7. The first-order valence-electron chi connectivity index (χ1n) is 5.98. The molecule has 1 unspecified atom stereocenters. The van der Waals surface area contributed by atoms with Crippen LogP contribution in [0.15, 0.2) is 0 Å². The average Bonchev–Trinajstić information content (AvgIpc) is 2.49. The first kappa shape index (κ1) is 13.2. The van der Waals surface area contributed by atoms with Crippen LogP contribution in [0.1, 0.15) is 37.2 Å². The zero-order chi connectivity index (χ0) is 12.1. The summed E-state index contributed by atoms with van der Waals surface area (Å²) in [5.41, 5.74) is 3.58. The predicted octanol–water partition coefficient (Wildman–Crippen LogP) is 1.38. The fourth-order valence-electron chi connectivity index (χ4n) is 1.77. The lowest BCUT2D eigenvalue weighted by Gasteiger charge is -2.07. The molecule has 0 saturated carbocycles. The van der Waals surface area contributed by atoms with Crippen LogP contribution in [0, 0.1) is 13.8 Å². The van der Waals surface area contributed by atoms with Gasteiger partial charge in [0.25, 0.3) is 0 Å². The maximum absolute atomic E-state index is 9.27. The molecular weight excluding hydrogens is 202 g/mol. The van der Waals surface area contributed by atoms with Gasteiger partial charge in [-0.15, -0.1) is 0 Å². The Hall–Kier alpha value is -0.870. The molecule has 1 aromatic heterocycles. The molecule has 0 radical (unpaired) electrons. The summed E-state index contributed by atoms with van der Waals surface area (Å²) < 4.78 is 1.99. The predicted molar refractivity (Wildman–Crippen MR) is 65.4 cm³/mol. The first-order chi connectivity index (χ1) is 7.56. The van der Waals surface area contributed by atoms with E-state index >= 15 is 0 Å². The number of aliphatic hydroxyl groups is 1. The van der Waals surface area contributed by atoms with Gasteiger partial charge in [0.05, 0.1) is 11.8 Å². The molecule has 16 heavy (non-hydrogen) atoms. The van der Waals surface area contributed by atoms with Crippen molar-refractivity contribution in [3.8, 4) is 0 Å². The molecule has 2 N–H and O–H groups in total. The highest BCUT2D eigenvalue weighted by Crippen LogP contribution is 2.13. The Morgan fingerprint density at radius 1 is 1.44 bits per heavy atom. The molecule has 0 spiro atoms. The molecule has 0 amide bonds. The van der Waals surface area contributed by atoms with Crippen LogP contribution in [0.25, 0.3) is 0 Å². The molecule has 92 valence electrons. The largest absolute Gasteiger partial charge is 0.393 e. The summed E-state index contributed by atoms with van der Waals surface area (Å²) in [6.07, 6.45) is 0.490. The van der Waals surface area contributed by atoms with E-state index in [1.165, 1.54) is 11.3 Å². The molecule has 1 rings (SSSR count). The van der Waals surface area contributed by atoms with E-state index in [9.17, 15) is 5.11 Å². The van der Waals surface area contributed by atoms with Crippen molar-refractivity contribution in [2.24, 2.45) is 0 Å². The topological polar surface area (TPSA) is 50.1 Å². The van der Waals surface area contributed by atoms with Crippen LogP contribution in [0.2, 0.25) is 0 Å². The fourth-order valence-corrected chi connectivity index (χ4v) is 1.77. The van der Waals surface area contributed by atoms with E-state index in [1.807, 2.05) is 18.5 Å². The van der Waals surface area contributed by atoms with E-state index in [2.05, 4.69) is 24.3 Å². The number of aryl methyl sites for hydroxylation is 2. The van der Waals surface area contributed by atoms with Crippen LogP contribution in [-0.4, -0.2) is 27.5 Å². The summed E-state index contributed by atoms with van der Waals surface area (Å²) in [4.78, 5) is 0. The van der Waals surface area contributed by atoms with Crippen molar-refractivity contribution in [3.63, 3.8) is 0 Å². The Morgan fingerprint density at radius 3 is 2.69 bits per heavy atom. The molecule has 1 heterocycles. The number of hydrogen-bond donors (Lipinski definition) is 2. The monoisotopic (exact) mass is 225 g/mol. The maximum atomic E-state index is 9.27. The van der Waals surface area contributed by atoms with Gasteiger partial charge in [0.1, 0.15) is 0 Å². The van der Waals surface area contributed by atoms with Crippen LogP contribution in [0.5, 0.6) is 0 Å². The number of aromatic nitrogens is 2. The quantitative estimate of drug-likeness (QED) is 0.769. The Bertz CT molecular complexity index is 331. The summed E-state index contributed by atoms with van der Waals surface area (Å²) in [7, 11) is 0. The second-order valence-electron chi connectivity index (χ2n) is 4.29. The van der Waals surface area contributed by atoms with Crippen molar-refractivity contribution in [1.29, 1.82) is 0 Å². The zero-order valence-electron chi connectivity index (χ0n) is 10.7. The fraction of sp³-hybridized carbons (Fsp3) is 0.750. The van der Waals surface area contributed by atoms with Gasteiger partial charge in [-0.1, -0.05) is 6.92 Å². The number of hydrogen-bond acceptors (Lipinski definition) is 3. The van der Waals surface area contributed by atoms with Gasteiger partial charge >= 0.3 is 0 Å². The summed E-state index contributed by atoms with van der Waals surface area (Å²) >= 11 is 0. The van der Waals surface area contributed by atoms with Gasteiger partial charge in [-0.25, -0.2) is 0 Å². The average molecular weight is 225 g/mol. The van der Waals surface area contributed by atoms with Gasteiger partial charge in [0.15, 0.2) is 0 Å². The Kier molecular flexibility index (Phi) is 4.96. The van der Waals surface area contributed by atoms with E-state index in [4.69, 9.17) is 0 Å². The third-order valence-electron chi connectivity index (χ3n) is 2.84. The Morgan fingerprint density at radius 2 is 2.12 bits per heavy atom. The highest BCUT2D eigenvalue weighted by molar-refractivity contribution is 5.24. The molecule has 0 bridgehead atoms. The lowest BCUT2D eigenvalue weighted by molar-refractivity contribution is 0.176. The Balaban J connectivity index is 2.72. The van der Waals surface area contributed by atoms with Crippen LogP contribution in [0.3, 0.4) is 0 Å². The summed E-state index contributed by atoms with van der Waals surface area (Å²) in [6.45, 7) is 10.7. The minimum Gasteiger partial charge on any atom is -0.393 e. The molecule has 4 heteroatoms. The normalized spacial score (nSPS) is 13.1. The van der Waals surface area contributed by atoms with Gasteiger partial charge in [-0.3, -0.25) is 4.68 Å². The lowest BCUT2D eigenvalue weighted by atomic mass is 10.2.